The lowest BCUT2D eigenvalue weighted by molar-refractivity contribution is -0.0542. The Hall–Kier alpha value is -0.120. The number of aliphatic hydroxyl groups is 1. The Morgan fingerprint density at radius 2 is 2.30 bits per heavy atom. The Morgan fingerprint density at radius 3 is 2.70 bits per heavy atom. The van der Waals surface area contributed by atoms with Gasteiger partial charge in [0.15, 0.2) is 0 Å². The highest BCUT2D eigenvalue weighted by atomic mass is 16.5. The van der Waals surface area contributed by atoms with Crippen molar-refractivity contribution >= 4 is 0 Å². The van der Waals surface area contributed by atoms with Crippen LogP contribution in [0.1, 0.15) is 13.8 Å². The van der Waals surface area contributed by atoms with E-state index in [1.54, 1.807) is 0 Å². The number of β-amino-alcohol motifs (C(OH)–C–C–N with tert-alkyl or cyclic N) is 1. The molecule has 0 atom stereocenters. The van der Waals surface area contributed by atoms with Crippen LogP contribution in [0.4, 0.5) is 0 Å². The molecule has 0 unspecified atom stereocenters. The summed E-state index contributed by atoms with van der Waals surface area (Å²) in [7, 11) is 0. The van der Waals surface area contributed by atoms with Crippen LogP contribution in [0.3, 0.4) is 0 Å². The molecule has 10 heavy (non-hydrogen) atoms. The van der Waals surface area contributed by atoms with Crippen molar-refractivity contribution in [1.82, 2.24) is 4.90 Å². The van der Waals surface area contributed by atoms with E-state index >= 15 is 0 Å². The first-order valence-electron chi connectivity index (χ1n) is 3.67. The van der Waals surface area contributed by atoms with Crippen molar-refractivity contribution in [1.29, 1.82) is 0 Å². The monoisotopic (exact) mass is 145 g/mol. The van der Waals surface area contributed by atoms with E-state index in [0.29, 0.717) is 6.54 Å². The smallest absolute Gasteiger partial charge is 0.116 e. The first-order valence-corrected chi connectivity index (χ1v) is 3.67. The number of rotatable bonds is 2. The lowest BCUT2D eigenvalue weighted by Gasteiger charge is -2.28. The molecular formula is C7H15NO2. The van der Waals surface area contributed by atoms with Crippen LogP contribution in [-0.2, 0) is 4.74 Å². The van der Waals surface area contributed by atoms with E-state index in [-0.39, 0.29) is 12.3 Å². The number of aliphatic hydroxyl groups excluding tert-OH is 1. The summed E-state index contributed by atoms with van der Waals surface area (Å²) >= 11 is 0. The van der Waals surface area contributed by atoms with Gasteiger partial charge in [-0.1, -0.05) is 0 Å². The maximum Gasteiger partial charge on any atom is 0.116 e. The van der Waals surface area contributed by atoms with Gasteiger partial charge in [-0.25, -0.2) is 0 Å². The zero-order valence-electron chi connectivity index (χ0n) is 6.63. The predicted octanol–water partition coefficient (Wildman–Crippen LogP) is 0.0470. The van der Waals surface area contributed by atoms with Crippen molar-refractivity contribution in [2.75, 3.05) is 26.3 Å². The summed E-state index contributed by atoms with van der Waals surface area (Å²) in [5, 5.41) is 8.66. The predicted molar refractivity (Wildman–Crippen MR) is 38.7 cm³/mol. The Bertz CT molecular complexity index is 114. The number of hydrogen-bond acceptors (Lipinski definition) is 3. The molecule has 0 radical (unpaired) electrons. The second-order valence-electron chi connectivity index (χ2n) is 3.01. The molecule has 1 N–H and O–H groups in total. The minimum absolute atomic E-state index is 0.164. The zero-order valence-corrected chi connectivity index (χ0v) is 6.63. The quantitative estimate of drug-likeness (QED) is 0.596. The van der Waals surface area contributed by atoms with Crippen molar-refractivity contribution in [3.63, 3.8) is 0 Å². The van der Waals surface area contributed by atoms with Crippen LogP contribution in [0, 0.1) is 0 Å². The summed E-state index contributed by atoms with van der Waals surface area (Å²) in [6.07, 6.45) is 0. The van der Waals surface area contributed by atoms with Crippen LogP contribution in [0.2, 0.25) is 0 Å². The molecule has 0 saturated carbocycles. The minimum atomic E-state index is -0.164. The topological polar surface area (TPSA) is 32.7 Å². The maximum atomic E-state index is 8.66. The summed E-state index contributed by atoms with van der Waals surface area (Å²) in [6.45, 7) is 6.70. The Balaban J connectivity index is 2.43. The lowest BCUT2D eigenvalue weighted by atomic mass is 10.3. The average Bonchev–Trinajstić information content (AvgIpc) is 2.13. The third-order valence-corrected chi connectivity index (χ3v) is 1.95. The summed E-state index contributed by atoms with van der Waals surface area (Å²) in [5.41, 5.74) is -0.164. The molecule has 0 aromatic heterocycles. The van der Waals surface area contributed by atoms with E-state index < -0.39 is 0 Å². The van der Waals surface area contributed by atoms with E-state index in [0.717, 1.165) is 13.2 Å². The highest BCUT2D eigenvalue weighted by molar-refractivity contribution is 4.76. The highest BCUT2D eigenvalue weighted by Gasteiger charge is 2.31. The molecule has 1 rings (SSSR count). The van der Waals surface area contributed by atoms with Gasteiger partial charge in [0.05, 0.1) is 13.2 Å². The van der Waals surface area contributed by atoms with Gasteiger partial charge in [0, 0.05) is 13.1 Å². The molecule has 1 heterocycles. The lowest BCUT2D eigenvalue weighted by Crippen LogP contribution is -2.40. The van der Waals surface area contributed by atoms with Gasteiger partial charge in [0.2, 0.25) is 0 Å². The molecule has 0 bridgehead atoms. The Morgan fingerprint density at radius 1 is 1.60 bits per heavy atom. The molecule has 0 aromatic carbocycles. The van der Waals surface area contributed by atoms with Crippen molar-refractivity contribution in [3.8, 4) is 0 Å². The van der Waals surface area contributed by atoms with Crippen LogP contribution in [0.25, 0.3) is 0 Å². The molecule has 0 aromatic rings. The van der Waals surface area contributed by atoms with Gasteiger partial charge in [-0.3, -0.25) is 4.90 Å². The van der Waals surface area contributed by atoms with Gasteiger partial charge >= 0.3 is 0 Å². The largest absolute Gasteiger partial charge is 0.395 e. The summed E-state index contributed by atoms with van der Waals surface area (Å²) < 4.78 is 5.42. The molecule has 1 fully saturated rings. The Labute approximate surface area is 61.6 Å². The fourth-order valence-electron chi connectivity index (χ4n) is 1.27. The normalized spacial score (nSPS) is 25.5. The van der Waals surface area contributed by atoms with Crippen molar-refractivity contribution < 1.29 is 9.84 Å². The van der Waals surface area contributed by atoms with Gasteiger partial charge in [-0.05, 0) is 13.8 Å². The Kier molecular flexibility index (Phi) is 2.28. The van der Waals surface area contributed by atoms with Crippen LogP contribution in [-0.4, -0.2) is 42.0 Å². The summed E-state index contributed by atoms with van der Waals surface area (Å²) in [5.74, 6) is 0. The van der Waals surface area contributed by atoms with E-state index in [1.807, 2.05) is 13.8 Å². The molecule has 1 aliphatic rings. The molecule has 1 aliphatic heterocycles. The zero-order chi connectivity index (χ0) is 7.61. The maximum absolute atomic E-state index is 8.66. The van der Waals surface area contributed by atoms with Crippen LogP contribution in [0.5, 0.6) is 0 Å². The van der Waals surface area contributed by atoms with Gasteiger partial charge in [0.1, 0.15) is 5.72 Å². The molecule has 3 heteroatoms. The number of ether oxygens (including phenoxy) is 1. The van der Waals surface area contributed by atoms with E-state index in [2.05, 4.69) is 4.90 Å². The van der Waals surface area contributed by atoms with Gasteiger partial charge < -0.3 is 9.84 Å². The summed E-state index contributed by atoms with van der Waals surface area (Å²) in [4.78, 5) is 2.13. The molecule has 0 aliphatic carbocycles. The van der Waals surface area contributed by atoms with Gasteiger partial charge in [-0.15, -0.1) is 0 Å². The van der Waals surface area contributed by atoms with E-state index in [9.17, 15) is 0 Å². The number of nitrogens with zero attached hydrogens (tertiary/aromatic N) is 1. The first-order chi connectivity index (χ1) is 4.67. The third kappa shape index (κ3) is 1.48. The van der Waals surface area contributed by atoms with E-state index in [4.69, 9.17) is 9.84 Å². The van der Waals surface area contributed by atoms with Crippen molar-refractivity contribution in [2.45, 2.75) is 19.6 Å². The second kappa shape index (κ2) is 2.86. The van der Waals surface area contributed by atoms with Crippen LogP contribution in [0.15, 0.2) is 0 Å². The molecule has 0 amide bonds. The molecule has 60 valence electrons. The van der Waals surface area contributed by atoms with Crippen LogP contribution >= 0.6 is 0 Å². The number of hydrogen-bond donors (Lipinski definition) is 1. The molecular weight excluding hydrogens is 130 g/mol. The fourth-order valence-corrected chi connectivity index (χ4v) is 1.27. The summed E-state index contributed by atoms with van der Waals surface area (Å²) in [6, 6.07) is 0. The van der Waals surface area contributed by atoms with Crippen molar-refractivity contribution in [3.05, 3.63) is 0 Å². The third-order valence-electron chi connectivity index (χ3n) is 1.95. The average molecular weight is 145 g/mol. The van der Waals surface area contributed by atoms with E-state index in [1.165, 1.54) is 0 Å². The standard InChI is InChI=1S/C7H15NO2/c1-7(2)8(3-5-9)4-6-10-7/h9H,3-6H2,1-2H3. The SMILES string of the molecule is CC1(C)OCCN1CCO. The molecule has 3 nitrogen and oxygen atoms in total. The molecule has 1 saturated heterocycles. The fraction of sp³-hybridized carbons (Fsp3) is 1.00. The first kappa shape index (κ1) is 7.98. The van der Waals surface area contributed by atoms with Crippen molar-refractivity contribution in [2.24, 2.45) is 0 Å². The van der Waals surface area contributed by atoms with Gasteiger partial charge in [-0.2, -0.15) is 0 Å². The molecule has 0 spiro atoms. The van der Waals surface area contributed by atoms with Gasteiger partial charge in [0.25, 0.3) is 0 Å². The minimum Gasteiger partial charge on any atom is -0.395 e. The second-order valence-corrected chi connectivity index (χ2v) is 3.01. The highest BCUT2D eigenvalue weighted by Crippen LogP contribution is 2.20. The van der Waals surface area contributed by atoms with Crippen LogP contribution < -0.4 is 0 Å².